The molecule has 27 heavy (non-hydrogen) atoms. The molecule has 3 N–H and O–H groups in total. The fraction of sp³-hybridized carbons (Fsp3) is 0.526. The maximum absolute atomic E-state index is 12.7. The van der Waals surface area contributed by atoms with Gasteiger partial charge < -0.3 is 20.4 Å². The number of aliphatic hydroxyl groups excluding tert-OH is 2. The number of pyridine rings is 1. The zero-order chi connectivity index (χ0) is 19.1. The van der Waals surface area contributed by atoms with Crippen molar-refractivity contribution in [1.29, 1.82) is 0 Å². The first-order chi connectivity index (χ1) is 13.2. The smallest absolute Gasteiger partial charge is 0.255 e. The van der Waals surface area contributed by atoms with Crippen LogP contribution in [0.25, 0.3) is 0 Å². The Hall–Kier alpha value is -2.45. The third kappa shape index (κ3) is 5.51. The monoisotopic (exact) mass is 373 g/mol. The number of carbonyl (C=O) groups excluding carboxylic acids is 1. The largest absolute Gasteiger partial charge is 0.394 e. The van der Waals surface area contributed by atoms with E-state index in [9.17, 15) is 9.90 Å². The number of rotatable bonds is 8. The lowest BCUT2D eigenvalue weighted by molar-refractivity contribution is 0.0684. The van der Waals surface area contributed by atoms with Crippen LogP contribution in [0.3, 0.4) is 0 Å². The van der Waals surface area contributed by atoms with Crippen LogP contribution in [0.15, 0.2) is 36.8 Å². The predicted molar refractivity (Wildman–Crippen MR) is 101 cm³/mol. The minimum absolute atomic E-state index is 0.00923. The second kappa shape index (κ2) is 9.48. The molecule has 0 aromatic carbocycles. The molecule has 0 saturated carbocycles. The maximum Gasteiger partial charge on any atom is 0.255 e. The van der Waals surface area contributed by atoms with Gasteiger partial charge in [-0.3, -0.25) is 9.48 Å². The van der Waals surface area contributed by atoms with Gasteiger partial charge in [0, 0.05) is 44.8 Å². The van der Waals surface area contributed by atoms with Gasteiger partial charge in [-0.25, -0.2) is 4.98 Å². The molecule has 1 aliphatic rings. The summed E-state index contributed by atoms with van der Waals surface area (Å²) in [6.07, 6.45) is 7.62. The first kappa shape index (κ1) is 19.3. The Morgan fingerprint density at radius 1 is 1.33 bits per heavy atom. The van der Waals surface area contributed by atoms with Crippen molar-refractivity contribution in [3.8, 4) is 0 Å². The first-order valence-electron chi connectivity index (χ1n) is 9.41. The van der Waals surface area contributed by atoms with E-state index in [1.807, 2.05) is 21.8 Å². The van der Waals surface area contributed by atoms with E-state index >= 15 is 0 Å². The summed E-state index contributed by atoms with van der Waals surface area (Å²) in [4.78, 5) is 18.8. The van der Waals surface area contributed by atoms with Gasteiger partial charge in [-0.05, 0) is 43.4 Å². The van der Waals surface area contributed by atoms with Crippen LogP contribution in [0.5, 0.6) is 0 Å². The number of carbonyl (C=O) groups is 1. The van der Waals surface area contributed by atoms with E-state index in [1.165, 1.54) is 0 Å². The Bertz CT molecular complexity index is 697. The Morgan fingerprint density at radius 3 is 2.78 bits per heavy atom. The number of aliphatic hydroxyl groups is 2. The molecular formula is C19H27N5O3. The number of piperidine rings is 1. The molecule has 2 aromatic heterocycles. The van der Waals surface area contributed by atoms with Gasteiger partial charge in [0.25, 0.3) is 5.91 Å². The Kier molecular flexibility index (Phi) is 6.78. The summed E-state index contributed by atoms with van der Waals surface area (Å²) in [5.74, 6) is 1.20. The first-order valence-corrected chi connectivity index (χ1v) is 9.41. The summed E-state index contributed by atoms with van der Waals surface area (Å²) < 4.78 is 1.96. The highest BCUT2D eigenvalue weighted by Gasteiger charge is 2.23. The van der Waals surface area contributed by atoms with Crippen molar-refractivity contribution in [3.63, 3.8) is 0 Å². The molecule has 1 atom stereocenters. The zero-order valence-electron chi connectivity index (χ0n) is 15.4. The lowest BCUT2D eigenvalue weighted by Gasteiger charge is -2.32. The van der Waals surface area contributed by atoms with Gasteiger partial charge in [-0.2, -0.15) is 5.10 Å². The standard InChI is InChI=1S/C19H27N5O3/c25-14-17(26)13-21-18-3-2-16(12-20-18)19(27)23-9-4-15(5-10-23)6-11-24-8-1-7-22-24/h1-3,7-8,12,15,17,25-26H,4-6,9-11,13-14H2,(H,20,21)/t17-/m0/s1. The Labute approximate surface area is 158 Å². The number of nitrogens with one attached hydrogen (secondary N) is 1. The molecule has 0 radical (unpaired) electrons. The molecule has 1 fully saturated rings. The van der Waals surface area contributed by atoms with E-state index in [4.69, 9.17) is 5.11 Å². The van der Waals surface area contributed by atoms with Crippen molar-refractivity contribution in [2.75, 3.05) is 31.6 Å². The fourth-order valence-corrected chi connectivity index (χ4v) is 3.27. The van der Waals surface area contributed by atoms with Crippen molar-refractivity contribution in [2.45, 2.75) is 31.9 Å². The number of aromatic nitrogens is 3. The highest BCUT2D eigenvalue weighted by molar-refractivity contribution is 5.94. The predicted octanol–water partition coefficient (Wildman–Crippen LogP) is 0.986. The summed E-state index contributed by atoms with van der Waals surface area (Å²) >= 11 is 0. The summed E-state index contributed by atoms with van der Waals surface area (Å²) in [6.45, 7) is 2.37. The molecule has 3 heterocycles. The van der Waals surface area contributed by atoms with Gasteiger partial charge in [-0.1, -0.05) is 0 Å². The molecule has 8 nitrogen and oxygen atoms in total. The van der Waals surface area contributed by atoms with Crippen molar-refractivity contribution in [2.24, 2.45) is 5.92 Å². The van der Waals surface area contributed by atoms with Crippen LogP contribution in [0.4, 0.5) is 5.82 Å². The lowest BCUT2D eigenvalue weighted by atomic mass is 9.93. The van der Waals surface area contributed by atoms with E-state index < -0.39 is 6.10 Å². The van der Waals surface area contributed by atoms with E-state index in [0.717, 1.165) is 38.9 Å². The number of anilines is 1. The highest BCUT2D eigenvalue weighted by atomic mass is 16.3. The molecule has 1 saturated heterocycles. The average molecular weight is 373 g/mol. The van der Waals surface area contributed by atoms with Crippen molar-refractivity contribution in [3.05, 3.63) is 42.4 Å². The average Bonchev–Trinajstić information content (AvgIpc) is 3.24. The highest BCUT2D eigenvalue weighted by Crippen LogP contribution is 2.22. The normalized spacial score (nSPS) is 16.3. The minimum Gasteiger partial charge on any atom is -0.394 e. The Morgan fingerprint density at radius 2 is 2.15 bits per heavy atom. The molecule has 1 amide bonds. The molecular weight excluding hydrogens is 346 g/mol. The number of likely N-dealkylation sites (tertiary alicyclic amines) is 1. The third-order valence-corrected chi connectivity index (χ3v) is 4.97. The van der Waals surface area contributed by atoms with Gasteiger partial charge in [0.15, 0.2) is 0 Å². The van der Waals surface area contributed by atoms with Crippen molar-refractivity contribution >= 4 is 11.7 Å². The molecule has 8 heteroatoms. The van der Waals surface area contributed by atoms with E-state index in [2.05, 4.69) is 15.4 Å². The van der Waals surface area contributed by atoms with Crippen molar-refractivity contribution < 1.29 is 15.0 Å². The van der Waals surface area contributed by atoms with Gasteiger partial charge in [0.05, 0.1) is 18.3 Å². The van der Waals surface area contributed by atoms with Crippen LogP contribution in [-0.2, 0) is 6.54 Å². The molecule has 2 aromatic rings. The van der Waals surface area contributed by atoms with Crippen LogP contribution in [0.1, 0.15) is 29.6 Å². The number of aryl methyl sites for hydroxylation is 1. The van der Waals surface area contributed by atoms with Crippen LogP contribution in [0, 0.1) is 5.92 Å². The minimum atomic E-state index is -0.831. The Balaban J connectivity index is 1.44. The molecule has 0 aliphatic carbocycles. The lowest BCUT2D eigenvalue weighted by Crippen LogP contribution is -2.38. The summed E-state index contributed by atoms with van der Waals surface area (Å²) in [7, 11) is 0. The number of hydrogen-bond acceptors (Lipinski definition) is 6. The molecule has 0 spiro atoms. The third-order valence-electron chi connectivity index (χ3n) is 4.97. The van der Waals surface area contributed by atoms with E-state index in [-0.39, 0.29) is 19.1 Å². The topological polar surface area (TPSA) is 104 Å². The fourth-order valence-electron chi connectivity index (χ4n) is 3.27. The number of amides is 1. The second-order valence-electron chi connectivity index (χ2n) is 6.94. The quantitative estimate of drug-likeness (QED) is 0.637. The van der Waals surface area contributed by atoms with E-state index in [0.29, 0.717) is 17.3 Å². The number of nitrogens with zero attached hydrogens (tertiary/aromatic N) is 4. The van der Waals surface area contributed by atoms with Gasteiger partial charge in [0.1, 0.15) is 5.82 Å². The van der Waals surface area contributed by atoms with Crippen LogP contribution < -0.4 is 5.32 Å². The number of hydrogen-bond donors (Lipinski definition) is 3. The van der Waals surface area contributed by atoms with Gasteiger partial charge >= 0.3 is 0 Å². The van der Waals surface area contributed by atoms with Crippen molar-refractivity contribution in [1.82, 2.24) is 19.7 Å². The van der Waals surface area contributed by atoms with Crippen LogP contribution in [-0.4, -0.2) is 68.1 Å². The second-order valence-corrected chi connectivity index (χ2v) is 6.94. The summed E-state index contributed by atoms with van der Waals surface area (Å²) in [5.41, 5.74) is 0.568. The van der Waals surface area contributed by atoms with Crippen LogP contribution >= 0.6 is 0 Å². The van der Waals surface area contributed by atoms with Gasteiger partial charge in [-0.15, -0.1) is 0 Å². The zero-order valence-corrected chi connectivity index (χ0v) is 15.4. The van der Waals surface area contributed by atoms with Gasteiger partial charge in [0.2, 0.25) is 0 Å². The molecule has 0 bridgehead atoms. The SMILES string of the molecule is O=C(c1ccc(NC[C@H](O)CO)nc1)N1CCC(CCn2cccn2)CC1. The summed E-state index contributed by atoms with van der Waals surface area (Å²) in [6, 6.07) is 5.39. The molecule has 146 valence electrons. The maximum atomic E-state index is 12.7. The molecule has 3 rings (SSSR count). The molecule has 1 aliphatic heterocycles. The molecule has 0 unspecified atom stereocenters. The van der Waals surface area contributed by atoms with Crippen LogP contribution in [0.2, 0.25) is 0 Å². The summed E-state index contributed by atoms with van der Waals surface area (Å²) in [5, 5.41) is 25.3. The van der Waals surface area contributed by atoms with E-state index in [1.54, 1.807) is 24.5 Å².